The summed E-state index contributed by atoms with van der Waals surface area (Å²) in [5, 5.41) is 5.22. The summed E-state index contributed by atoms with van der Waals surface area (Å²) >= 11 is 12.2. The Bertz CT molecular complexity index is 629. The van der Waals surface area contributed by atoms with Gasteiger partial charge in [0, 0.05) is 11.9 Å². The van der Waals surface area contributed by atoms with Crippen molar-refractivity contribution in [3.05, 3.63) is 33.9 Å². The van der Waals surface area contributed by atoms with Gasteiger partial charge in [-0.3, -0.25) is 0 Å². The van der Waals surface area contributed by atoms with Crippen LogP contribution in [0.4, 0.5) is 5.69 Å². The zero-order chi connectivity index (χ0) is 15.4. The summed E-state index contributed by atoms with van der Waals surface area (Å²) < 4.78 is 0. The van der Waals surface area contributed by atoms with E-state index < -0.39 is 0 Å². The van der Waals surface area contributed by atoms with Gasteiger partial charge in [0.15, 0.2) is 0 Å². The highest BCUT2D eigenvalue weighted by Crippen LogP contribution is 2.33. The number of hydrogen-bond acceptors (Lipinski definition) is 4. The predicted octanol–water partition coefficient (Wildman–Crippen LogP) is 3.17. The van der Waals surface area contributed by atoms with Crippen molar-refractivity contribution in [2.75, 3.05) is 32.9 Å². The summed E-state index contributed by atoms with van der Waals surface area (Å²) in [4.78, 5) is 6.73. The van der Waals surface area contributed by atoms with Gasteiger partial charge >= 0.3 is 0 Å². The summed E-state index contributed by atoms with van der Waals surface area (Å²) in [5.74, 6) is 0. The first kappa shape index (κ1) is 16.3. The van der Waals surface area contributed by atoms with E-state index in [0.29, 0.717) is 27.8 Å². The van der Waals surface area contributed by atoms with Crippen LogP contribution in [0.25, 0.3) is 10.9 Å². The third kappa shape index (κ3) is 4.20. The van der Waals surface area contributed by atoms with Gasteiger partial charge in [-0.05, 0) is 51.8 Å². The lowest BCUT2D eigenvalue weighted by molar-refractivity contribution is 0.394. The van der Waals surface area contributed by atoms with E-state index in [0.717, 1.165) is 30.6 Å². The predicted molar refractivity (Wildman–Crippen MR) is 91.1 cm³/mol. The van der Waals surface area contributed by atoms with Gasteiger partial charge in [-0.15, -0.1) is 0 Å². The molecule has 0 saturated carbocycles. The molecule has 0 saturated heterocycles. The molecule has 1 aromatic carbocycles. The Morgan fingerprint density at radius 2 is 2.00 bits per heavy atom. The molecule has 114 valence electrons. The van der Waals surface area contributed by atoms with Gasteiger partial charge in [0.25, 0.3) is 0 Å². The molecule has 0 unspecified atom stereocenters. The Hall–Kier alpha value is -1.07. The normalized spacial score (nSPS) is 11.5. The lowest BCUT2D eigenvalue weighted by Crippen LogP contribution is -2.21. The average molecular weight is 327 g/mol. The summed E-state index contributed by atoms with van der Waals surface area (Å²) in [5.41, 5.74) is 8.06. The van der Waals surface area contributed by atoms with Crippen molar-refractivity contribution in [2.24, 2.45) is 0 Å². The highest BCUT2D eigenvalue weighted by molar-refractivity contribution is 6.40. The van der Waals surface area contributed by atoms with Crippen molar-refractivity contribution in [3.8, 4) is 0 Å². The third-order valence-electron chi connectivity index (χ3n) is 3.24. The van der Waals surface area contributed by atoms with Gasteiger partial charge in [-0.1, -0.05) is 23.2 Å². The monoisotopic (exact) mass is 326 g/mol. The number of anilines is 1. The zero-order valence-electron chi connectivity index (χ0n) is 12.3. The molecule has 0 aliphatic carbocycles. The van der Waals surface area contributed by atoms with Gasteiger partial charge in [0.05, 0.1) is 26.9 Å². The van der Waals surface area contributed by atoms with Crippen molar-refractivity contribution in [2.45, 2.75) is 13.0 Å². The van der Waals surface area contributed by atoms with E-state index in [1.165, 1.54) is 0 Å². The molecular weight excluding hydrogens is 307 g/mol. The lowest BCUT2D eigenvalue weighted by Gasteiger charge is -2.11. The molecular formula is C15H20Cl2N4. The van der Waals surface area contributed by atoms with Crippen LogP contribution in [0, 0.1) is 0 Å². The number of rotatable bonds is 6. The van der Waals surface area contributed by atoms with E-state index >= 15 is 0 Å². The van der Waals surface area contributed by atoms with Gasteiger partial charge < -0.3 is 16.0 Å². The van der Waals surface area contributed by atoms with Crippen LogP contribution < -0.4 is 11.1 Å². The number of pyridine rings is 1. The van der Waals surface area contributed by atoms with Crippen LogP contribution >= 0.6 is 23.2 Å². The molecule has 0 aliphatic heterocycles. The molecule has 2 rings (SSSR count). The lowest BCUT2D eigenvalue weighted by atomic mass is 10.1. The molecule has 0 atom stereocenters. The van der Waals surface area contributed by atoms with E-state index in [2.05, 4.69) is 29.3 Å². The van der Waals surface area contributed by atoms with Crippen LogP contribution in [0.15, 0.2) is 18.2 Å². The number of nitrogen functional groups attached to an aromatic ring is 1. The summed E-state index contributed by atoms with van der Waals surface area (Å²) in [6, 6.07) is 5.55. The quantitative estimate of drug-likeness (QED) is 0.632. The molecule has 0 spiro atoms. The molecule has 0 radical (unpaired) electrons. The fraction of sp³-hybridized carbons (Fsp3) is 0.400. The largest absolute Gasteiger partial charge is 0.396 e. The van der Waals surface area contributed by atoms with Gasteiger partial charge in [0.2, 0.25) is 0 Å². The van der Waals surface area contributed by atoms with Crippen LogP contribution in [-0.4, -0.2) is 37.1 Å². The molecule has 0 bridgehead atoms. The van der Waals surface area contributed by atoms with Gasteiger partial charge in [0.1, 0.15) is 0 Å². The minimum atomic E-state index is 0.441. The maximum absolute atomic E-state index is 6.16. The number of fused-ring (bicyclic) bond motifs is 1. The van der Waals surface area contributed by atoms with E-state index in [-0.39, 0.29) is 0 Å². The zero-order valence-corrected chi connectivity index (χ0v) is 13.8. The second kappa shape index (κ2) is 7.27. The van der Waals surface area contributed by atoms with Crippen LogP contribution in [-0.2, 0) is 6.54 Å². The number of nitrogens with one attached hydrogen (secondary N) is 1. The second-order valence-electron chi connectivity index (χ2n) is 5.29. The molecule has 3 N–H and O–H groups in total. The number of halogens is 2. The topological polar surface area (TPSA) is 54.2 Å². The Labute approximate surface area is 135 Å². The van der Waals surface area contributed by atoms with Crippen molar-refractivity contribution >= 4 is 39.8 Å². The average Bonchev–Trinajstić information content (AvgIpc) is 2.44. The fourth-order valence-corrected chi connectivity index (χ4v) is 2.63. The van der Waals surface area contributed by atoms with Crippen molar-refractivity contribution in [1.29, 1.82) is 0 Å². The summed E-state index contributed by atoms with van der Waals surface area (Å²) in [6.45, 7) is 2.72. The second-order valence-corrected chi connectivity index (χ2v) is 6.10. The first-order valence-electron chi connectivity index (χ1n) is 6.87. The Balaban J connectivity index is 2.07. The van der Waals surface area contributed by atoms with Crippen LogP contribution in [0.3, 0.4) is 0 Å². The Morgan fingerprint density at radius 1 is 1.24 bits per heavy atom. The number of nitrogens with two attached hydrogens (primary N) is 1. The number of aromatic nitrogens is 1. The van der Waals surface area contributed by atoms with E-state index in [1.54, 1.807) is 6.07 Å². The first-order chi connectivity index (χ1) is 9.99. The third-order valence-corrected chi connectivity index (χ3v) is 3.87. The Kier molecular flexibility index (Phi) is 5.65. The van der Waals surface area contributed by atoms with E-state index in [4.69, 9.17) is 28.9 Å². The summed E-state index contributed by atoms with van der Waals surface area (Å²) in [6.07, 6.45) is 1.10. The first-order valence-corrected chi connectivity index (χ1v) is 7.63. The molecule has 0 aliphatic rings. The highest BCUT2D eigenvalue weighted by Gasteiger charge is 2.09. The number of nitrogens with zero attached hydrogens (tertiary/aromatic N) is 2. The van der Waals surface area contributed by atoms with E-state index in [9.17, 15) is 0 Å². The molecule has 4 nitrogen and oxygen atoms in total. The van der Waals surface area contributed by atoms with Crippen molar-refractivity contribution in [1.82, 2.24) is 15.2 Å². The fourth-order valence-electron chi connectivity index (χ4n) is 2.11. The van der Waals surface area contributed by atoms with Crippen molar-refractivity contribution < 1.29 is 0 Å². The highest BCUT2D eigenvalue weighted by atomic mass is 35.5. The SMILES string of the molecule is CN(C)CCCNCc1ccc2c(Cl)cc(Cl)c(N)c2n1. The smallest absolute Gasteiger partial charge is 0.0965 e. The molecule has 1 aromatic heterocycles. The minimum absolute atomic E-state index is 0.441. The molecule has 0 fully saturated rings. The van der Waals surface area contributed by atoms with Crippen molar-refractivity contribution in [3.63, 3.8) is 0 Å². The standard InChI is InChI=1S/C15H20Cl2N4/c1-21(2)7-3-6-19-9-10-4-5-11-12(16)8-13(17)14(18)15(11)20-10/h4-5,8,19H,3,6-7,9,18H2,1-2H3. The Morgan fingerprint density at radius 3 is 2.71 bits per heavy atom. The number of hydrogen-bond donors (Lipinski definition) is 2. The minimum Gasteiger partial charge on any atom is -0.396 e. The van der Waals surface area contributed by atoms with Gasteiger partial charge in [-0.2, -0.15) is 0 Å². The number of benzene rings is 1. The van der Waals surface area contributed by atoms with Gasteiger partial charge in [-0.25, -0.2) is 4.98 Å². The van der Waals surface area contributed by atoms with Crippen LogP contribution in [0.1, 0.15) is 12.1 Å². The van der Waals surface area contributed by atoms with E-state index in [1.807, 2.05) is 12.1 Å². The maximum atomic E-state index is 6.16. The molecule has 6 heteroatoms. The van der Waals surface area contributed by atoms with Crippen LogP contribution in [0.5, 0.6) is 0 Å². The summed E-state index contributed by atoms with van der Waals surface area (Å²) in [7, 11) is 4.14. The van der Waals surface area contributed by atoms with Crippen LogP contribution in [0.2, 0.25) is 10.0 Å². The maximum Gasteiger partial charge on any atom is 0.0965 e. The molecule has 0 amide bonds. The molecule has 21 heavy (non-hydrogen) atoms. The molecule has 2 aromatic rings. The molecule has 1 heterocycles.